The second kappa shape index (κ2) is 8.38. The predicted octanol–water partition coefficient (Wildman–Crippen LogP) is 2.58. The molecule has 1 saturated heterocycles. The maximum atomic E-state index is 11.1. The van der Waals surface area contributed by atoms with Crippen LogP contribution in [0.25, 0.3) is 11.3 Å². The van der Waals surface area contributed by atoms with E-state index in [-0.39, 0.29) is 11.8 Å². The van der Waals surface area contributed by atoms with E-state index in [1.165, 1.54) is 0 Å². The number of aromatic nitrogens is 1. The molecule has 7 heteroatoms. The van der Waals surface area contributed by atoms with Crippen molar-refractivity contribution in [1.82, 2.24) is 15.3 Å². The van der Waals surface area contributed by atoms with Gasteiger partial charge in [-0.3, -0.25) is 4.79 Å². The number of carbonyl (C=O) groups is 1. The van der Waals surface area contributed by atoms with E-state index in [1.54, 1.807) is 6.21 Å². The van der Waals surface area contributed by atoms with Gasteiger partial charge in [0, 0.05) is 30.9 Å². The maximum Gasteiger partial charge on any atom is 0.307 e. The Morgan fingerprint density at radius 1 is 1.35 bits per heavy atom. The normalized spacial score (nSPS) is 20.4. The lowest BCUT2D eigenvalue weighted by atomic mass is 9.91. The number of piperidine rings is 1. The minimum atomic E-state index is -0.732. The Hall–Kier alpha value is -2.31. The first-order chi connectivity index (χ1) is 12.5. The van der Waals surface area contributed by atoms with Gasteiger partial charge in [-0.15, -0.1) is 0 Å². The van der Waals surface area contributed by atoms with Gasteiger partial charge in [0.1, 0.15) is 0 Å². The third kappa shape index (κ3) is 4.45. The van der Waals surface area contributed by atoms with Gasteiger partial charge in [-0.25, -0.2) is 0 Å². The van der Waals surface area contributed by atoms with Gasteiger partial charge in [-0.1, -0.05) is 23.7 Å². The van der Waals surface area contributed by atoms with E-state index < -0.39 is 5.97 Å². The van der Waals surface area contributed by atoms with E-state index in [0.717, 1.165) is 28.5 Å². The van der Waals surface area contributed by atoms with E-state index >= 15 is 0 Å². The molecule has 0 aliphatic carbocycles. The van der Waals surface area contributed by atoms with Crippen LogP contribution in [0.4, 0.5) is 0 Å². The highest BCUT2D eigenvalue weighted by Gasteiger charge is 2.26. The summed E-state index contributed by atoms with van der Waals surface area (Å²) in [4.78, 5) is 11.1. The van der Waals surface area contributed by atoms with Crippen LogP contribution >= 0.6 is 11.6 Å². The molecule has 3 N–H and O–H groups in total. The number of benzene rings is 1. The van der Waals surface area contributed by atoms with E-state index in [1.807, 2.05) is 43.4 Å². The third-order valence-corrected chi connectivity index (χ3v) is 5.01. The fraction of sp³-hybridized carbons (Fsp3) is 0.368. The lowest BCUT2D eigenvalue weighted by Gasteiger charge is -2.27. The summed E-state index contributed by atoms with van der Waals surface area (Å²) in [6.45, 7) is 2.02. The Labute approximate surface area is 157 Å². The molecule has 2 atom stereocenters. The number of hydrogen-bond acceptors (Lipinski definition) is 4. The molecule has 0 spiro atoms. The van der Waals surface area contributed by atoms with E-state index in [0.29, 0.717) is 19.5 Å². The van der Waals surface area contributed by atoms with Crippen molar-refractivity contribution in [1.29, 1.82) is 0 Å². The summed E-state index contributed by atoms with van der Waals surface area (Å²) in [5.41, 5.74) is 6.21. The molecule has 3 rings (SSSR count). The molecule has 0 radical (unpaired) electrons. The molecule has 0 unspecified atom stereocenters. The molecule has 1 aliphatic heterocycles. The van der Waals surface area contributed by atoms with Crippen LogP contribution in [0, 0.1) is 11.8 Å². The zero-order valence-electron chi connectivity index (χ0n) is 14.7. The highest BCUT2D eigenvalue weighted by molar-refractivity contribution is 6.30. The molecule has 26 heavy (non-hydrogen) atoms. The number of aliphatic carboxylic acids is 1. The molecule has 1 aromatic heterocycles. The van der Waals surface area contributed by atoms with Gasteiger partial charge >= 0.3 is 5.97 Å². The second-order valence-corrected chi connectivity index (χ2v) is 7.06. The number of halogens is 1. The molecule has 2 aromatic rings. The SMILES string of the molecule is Cn1c(/C=N/NC[C@@H]2CNC[C@H](C(=O)O)C2)ccc1-c1ccc(Cl)cc1. The van der Waals surface area contributed by atoms with E-state index in [9.17, 15) is 4.79 Å². The van der Waals surface area contributed by atoms with Gasteiger partial charge in [-0.05, 0) is 48.7 Å². The van der Waals surface area contributed by atoms with E-state index in [4.69, 9.17) is 16.7 Å². The van der Waals surface area contributed by atoms with Crippen LogP contribution in [0.3, 0.4) is 0 Å². The van der Waals surface area contributed by atoms with Gasteiger partial charge in [-0.2, -0.15) is 5.10 Å². The molecule has 0 saturated carbocycles. The second-order valence-electron chi connectivity index (χ2n) is 6.62. The largest absolute Gasteiger partial charge is 0.481 e. The molecule has 6 nitrogen and oxygen atoms in total. The smallest absolute Gasteiger partial charge is 0.307 e. The van der Waals surface area contributed by atoms with Gasteiger partial charge in [0.2, 0.25) is 0 Å². The maximum absolute atomic E-state index is 11.1. The highest BCUT2D eigenvalue weighted by atomic mass is 35.5. The summed E-state index contributed by atoms with van der Waals surface area (Å²) >= 11 is 5.95. The fourth-order valence-electron chi connectivity index (χ4n) is 3.24. The lowest BCUT2D eigenvalue weighted by Crippen LogP contribution is -2.42. The zero-order chi connectivity index (χ0) is 18.5. The summed E-state index contributed by atoms with van der Waals surface area (Å²) in [6, 6.07) is 11.8. The van der Waals surface area contributed by atoms with Crippen LogP contribution in [0.15, 0.2) is 41.5 Å². The number of nitrogens with one attached hydrogen (secondary N) is 2. The Kier molecular flexibility index (Phi) is 5.96. The first kappa shape index (κ1) is 18.5. The third-order valence-electron chi connectivity index (χ3n) is 4.76. The minimum absolute atomic E-state index is 0.264. The van der Waals surface area contributed by atoms with Gasteiger partial charge < -0.3 is 20.4 Å². The number of hydrogen-bond donors (Lipinski definition) is 3. The Balaban J connectivity index is 1.56. The minimum Gasteiger partial charge on any atom is -0.481 e. The number of hydrazone groups is 1. The molecule has 1 aromatic carbocycles. The van der Waals surface area contributed by atoms with Crippen LogP contribution in [-0.4, -0.2) is 41.5 Å². The molecule has 138 valence electrons. The molecule has 2 heterocycles. The average Bonchev–Trinajstić information content (AvgIpc) is 3.00. The number of carboxylic acids is 1. The van der Waals surface area contributed by atoms with Crippen LogP contribution in [-0.2, 0) is 11.8 Å². The van der Waals surface area contributed by atoms with E-state index in [2.05, 4.69) is 20.4 Å². The molecule has 0 amide bonds. The van der Waals surface area contributed by atoms with Crippen molar-refractivity contribution >= 4 is 23.8 Å². The van der Waals surface area contributed by atoms with Gasteiger partial charge in [0.15, 0.2) is 0 Å². The summed E-state index contributed by atoms with van der Waals surface area (Å²) < 4.78 is 2.07. The van der Waals surface area contributed by atoms with Crippen molar-refractivity contribution in [2.75, 3.05) is 19.6 Å². The van der Waals surface area contributed by atoms with Crippen LogP contribution in [0.1, 0.15) is 12.1 Å². The first-order valence-corrected chi connectivity index (χ1v) is 9.03. The van der Waals surface area contributed by atoms with Crippen molar-refractivity contribution < 1.29 is 9.90 Å². The van der Waals surface area contributed by atoms with Crippen LogP contribution in [0.5, 0.6) is 0 Å². The van der Waals surface area contributed by atoms with Crippen molar-refractivity contribution in [3.05, 3.63) is 47.1 Å². The summed E-state index contributed by atoms with van der Waals surface area (Å²) in [7, 11) is 1.99. The Bertz CT molecular complexity index is 785. The monoisotopic (exact) mass is 374 g/mol. The summed E-state index contributed by atoms with van der Waals surface area (Å²) in [6.07, 6.45) is 2.46. The predicted molar refractivity (Wildman–Crippen MR) is 104 cm³/mol. The molecule has 0 bridgehead atoms. The lowest BCUT2D eigenvalue weighted by molar-refractivity contribution is -0.142. The summed E-state index contributed by atoms with van der Waals surface area (Å²) in [5, 5.41) is 17.3. The quantitative estimate of drug-likeness (QED) is 0.536. The Morgan fingerprint density at radius 3 is 2.85 bits per heavy atom. The van der Waals surface area contributed by atoms with Crippen molar-refractivity contribution in [2.45, 2.75) is 6.42 Å². The van der Waals surface area contributed by atoms with Crippen molar-refractivity contribution in [3.63, 3.8) is 0 Å². The fourth-order valence-corrected chi connectivity index (χ4v) is 3.36. The summed E-state index contributed by atoms with van der Waals surface area (Å²) in [5.74, 6) is -0.779. The number of nitrogens with zero attached hydrogens (tertiary/aromatic N) is 2. The molecule has 1 aliphatic rings. The van der Waals surface area contributed by atoms with Gasteiger partial charge in [0.05, 0.1) is 17.8 Å². The standard InChI is InChI=1S/C19H23ClN4O2/c1-24-17(6-7-18(24)14-2-4-16(20)5-3-14)12-23-22-10-13-8-15(19(25)26)11-21-9-13/h2-7,12-13,15,21-22H,8-11H2,1H3,(H,25,26)/b23-12+/t13-,15+/m0/s1. The van der Waals surface area contributed by atoms with Gasteiger partial charge in [0.25, 0.3) is 0 Å². The van der Waals surface area contributed by atoms with Crippen molar-refractivity contribution in [2.24, 2.45) is 24.0 Å². The topological polar surface area (TPSA) is 78.7 Å². The number of rotatable bonds is 6. The van der Waals surface area contributed by atoms with Crippen molar-refractivity contribution in [3.8, 4) is 11.3 Å². The first-order valence-electron chi connectivity index (χ1n) is 8.65. The average molecular weight is 375 g/mol. The molecular formula is C19H23ClN4O2. The number of carboxylic acid groups (broad SMARTS) is 1. The Morgan fingerprint density at radius 2 is 2.12 bits per heavy atom. The highest BCUT2D eigenvalue weighted by Crippen LogP contribution is 2.23. The molecular weight excluding hydrogens is 352 g/mol. The molecule has 1 fully saturated rings. The van der Waals surface area contributed by atoms with Crippen LogP contribution < -0.4 is 10.7 Å². The van der Waals surface area contributed by atoms with Crippen LogP contribution in [0.2, 0.25) is 5.02 Å². The zero-order valence-corrected chi connectivity index (χ0v) is 15.4.